The zero-order chi connectivity index (χ0) is 15.8. The zero-order valence-electron chi connectivity index (χ0n) is 11.9. The number of nitrogens with two attached hydrogens (primary N) is 1. The monoisotopic (exact) mass is 296 g/mol. The van der Waals surface area contributed by atoms with Gasteiger partial charge in [0.1, 0.15) is 5.75 Å². The first-order valence-corrected chi connectivity index (χ1v) is 6.69. The molecule has 0 saturated heterocycles. The van der Waals surface area contributed by atoms with Gasteiger partial charge in [-0.15, -0.1) is 0 Å². The molecule has 5 nitrogen and oxygen atoms in total. The first kappa shape index (κ1) is 15.3. The number of carbonyl (C=O) groups excluding carboxylic acids is 2. The van der Waals surface area contributed by atoms with E-state index in [4.69, 9.17) is 10.5 Å². The van der Waals surface area contributed by atoms with E-state index in [1.165, 1.54) is 6.08 Å². The van der Waals surface area contributed by atoms with E-state index in [0.717, 1.165) is 5.56 Å². The molecule has 0 aromatic heterocycles. The second kappa shape index (κ2) is 7.64. The van der Waals surface area contributed by atoms with Crippen molar-refractivity contribution in [1.82, 2.24) is 0 Å². The van der Waals surface area contributed by atoms with Crippen LogP contribution in [0.4, 0.5) is 5.69 Å². The van der Waals surface area contributed by atoms with Crippen LogP contribution in [0.1, 0.15) is 5.56 Å². The van der Waals surface area contributed by atoms with E-state index in [9.17, 15) is 9.59 Å². The van der Waals surface area contributed by atoms with Gasteiger partial charge in [-0.2, -0.15) is 0 Å². The third kappa shape index (κ3) is 5.13. The summed E-state index contributed by atoms with van der Waals surface area (Å²) in [5.41, 5.74) is 6.57. The quantitative estimate of drug-likeness (QED) is 0.802. The van der Waals surface area contributed by atoms with Crippen molar-refractivity contribution in [2.24, 2.45) is 5.73 Å². The first-order chi connectivity index (χ1) is 10.6. The highest BCUT2D eigenvalue weighted by atomic mass is 16.5. The maximum atomic E-state index is 11.8. The molecule has 0 fully saturated rings. The van der Waals surface area contributed by atoms with Crippen molar-refractivity contribution in [3.63, 3.8) is 0 Å². The van der Waals surface area contributed by atoms with Gasteiger partial charge >= 0.3 is 0 Å². The number of rotatable bonds is 6. The Balaban J connectivity index is 1.89. The van der Waals surface area contributed by atoms with Crippen LogP contribution in [0.3, 0.4) is 0 Å². The molecule has 5 heteroatoms. The minimum Gasteiger partial charge on any atom is -0.484 e. The SMILES string of the molecule is NC(=O)COc1ccc(NC(=O)/C=C/c2ccccc2)cc1. The molecule has 0 heterocycles. The van der Waals surface area contributed by atoms with Crippen molar-refractivity contribution in [3.8, 4) is 5.75 Å². The minimum atomic E-state index is -0.538. The van der Waals surface area contributed by atoms with Gasteiger partial charge < -0.3 is 15.8 Å². The highest BCUT2D eigenvalue weighted by Gasteiger charge is 2.00. The van der Waals surface area contributed by atoms with E-state index < -0.39 is 5.91 Å². The molecule has 0 radical (unpaired) electrons. The number of anilines is 1. The summed E-state index contributed by atoms with van der Waals surface area (Å²) < 4.78 is 5.13. The number of nitrogens with one attached hydrogen (secondary N) is 1. The number of amides is 2. The van der Waals surface area contributed by atoms with Crippen LogP contribution in [-0.2, 0) is 9.59 Å². The third-order valence-corrected chi connectivity index (χ3v) is 2.73. The Morgan fingerprint density at radius 3 is 2.36 bits per heavy atom. The summed E-state index contributed by atoms with van der Waals surface area (Å²) in [5.74, 6) is -0.255. The van der Waals surface area contributed by atoms with Crippen LogP contribution in [0.2, 0.25) is 0 Å². The van der Waals surface area contributed by atoms with Crippen molar-refractivity contribution in [3.05, 3.63) is 66.2 Å². The standard InChI is InChI=1S/C17H16N2O3/c18-16(20)12-22-15-9-7-14(8-10-15)19-17(21)11-6-13-4-2-1-3-5-13/h1-11H,12H2,(H2,18,20)(H,19,21)/b11-6+. The Bertz CT molecular complexity index is 664. The molecule has 2 aromatic carbocycles. The van der Waals surface area contributed by atoms with Gasteiger partial charge in [0.05, 0.1) is 0 Å². The van der Waals surface area contributed by atoms with Gasteiger partial charge in [0, 0.05) is 11.8 Å². The molecule has 112 valence electrons. The molecule has 0 aliphatic heterocycles. The number of primary amides is 1. The van der Waals surface area contributed by atoms with Crippen LogP contribution in [0.25, 0.3) is 6.08 Å². The van der Waals surface area contributed by atoms with Crippen molar-refractivity contribution in [2.75, 3.05) is 11.9 Å². The Kier molecular flexibility index (Phi) is 5.31. The van der Waals surface area contributed by atoms with Crippen LogP contribution in [0, 0.1) is 0 Å². The fraction of sp³-hybridized carbons (Fsp3) is 0.0588. The van der Waals surface area contributed by atoms with E-state index in [1.54, 1.807) is 30.3 Å². The maximum absolute atomic E-state index is 11.8. The summed E-state index contributed by atoms with van der Waals surface area (Å²) in [4.78, 5) is 22.4. The summed E-state index contributed by atoms with van der Waals surface area (Å²) in [6, 6.07) is 16.2. The summed E-state index contributed by atoms with van der Waals surface area (Å²) >= 11 is 0. The van der Waals surface area contributed by atoms with Crippen molar-refractivity contribution < 1.29 is 14.3 Å². The molecular formula is C17H16N2O3. The number of carbonyl (C=O) groups is 2. The van der Waals surface area contributed by atoms with Gasteiger partial charge in [0.15, 0.2) is 6.61 Å². The summed E-state index contributed by atoms with van der Waals surface area (Å²) in [5, 5.41) is 2.73. The van der Waals surface area contributed by atoms with Gasteiger partial charge in [-0.25, -0.2) is 0 Å². The first-order valence-electron chi connectivity index (χ1n) is 6.69. The number of hydrogen-bond acceptors (Lipinski definition) is 3. The summed E-state index contributed by atoms with van der Waals surface area (Å²) in [7, 11) is 0. The highest BCUT2D eigenvalue weighted by molar-refractivity contribution is 6.01. The Morgan fingerprint density at radius 1 is 1.05 bits per heavy atom. The lowest BCUT2D eigenvalue weighted by atomic mass is 10.2. The lowest BCUT2D eigenvalue weighted by molar-refractivity contribution is -0.120. The molecule has 0 aliphatic carbocycles. The average Bonchev–Trinajstić information content (AvgIpc) is 2.53. The lowest BCUT2D eigenvalue weighted by Gasteiger charge is -2.05. The Labute approximate surface area is 128 Å². The second-order valence-electron chi connectivity index (χ2n) is 4.51. The van der Waals surface area contributed by atoms with E-state index in [1.807, 2.05) is 30.3 Å². The Hall–Kier alpha value is -3.08. The van der Waals surface area contributed by atoms with E-state index >= 15 is 0 Å². The number of ether oxygens (including phenoxy) is 1. The van der Waals surface area contributed by atoms with E-state index in [-0.39, 0.29) is 12.5 Å². The molecular weight excluding hydrogens is 280 g/mol. The molecule has 0 saturated carbocycles. The van der Waals surface area contributed by atoms with Gasteiger partial charge in [-0.1, -0.05) is 30.3 Å². The van der Waals surface area contributed by atoms with Crippen molar-refractivity contribution in [2.45, 2.75) is 0 Å². The molecule has 2 rings (SSSR count). The molecule has 2 aromatic rings. The lowest BCUT2D eigenvalue weighted by Crippen LogP contribution is -2.20. The molecule has 0 spiro atoms. The topological polar surface area (TPSA) is 81.4 Å². The van der Waals surface area contributed by atoms with Crippen LogP contribution in [0.15, 0.2) is 60.7 Å². The molecule has 22 heavy (non-hydrogen) atoms. The van der Waals surface area contributed by atoms with Crippen LogP contribution in [0.5, 0.6) is 5.75 Å². The van der Waals surface area contributed by atoms with Gasteiger partial charge in [0.25, 0.3) is 5.91 Å². The largest absolute Gasteiger partial charge is 0.484 e. The smallest absolute Gasteiger partial charge is 0.255 e. The van der Waals surface area contributed by atoms with E-state index in [0.29, 0.717) is 11.4 Å². The third-order valence-electron chi connectivity index (χ3n) is 2.73. The van der Waals surface area contributed by atoms with Crippen molar-refractivity contribution in [1.29, 1.82) is 0 Å². The van der Waals surface area contributed by atoms with Gasteiger partial charge in [0.2, 0.25) is 5.91 Å². The predicted octanol–water partition coefficient (Wildman–Crippen LogP) is 2.20. The highest BCUT2D eigenvalue weighted by Crippen LogP contribution is 2.15. The van der Waals surface area contributed by atoms with E-state index in [2.05, 4.69) is 5.32 Å². The normalized spacial score (nSPS) is 10.4. The van der Waals surface area contributed by atoms with Crippen LogP contribution >= 0.6 is 0 Å². The van der Waals surface area contributed by atoms with Gasteiger partial charge in [-0.3, -0.25) is 9.59 Å². The van der Waals surface area contributed by atoms with Crippen LogP contribution < -0.4 is 15.8 Å². The molecule has 0 atom stereocenters. The zero-order valence-corrected chi connectivity index (χ0v) is 11.9. The predicted molar refractivity (Wildman–Crippen MR) is 85.2 cm³/mol. The fourth-order valence-corrected chi connectivity index (χ4v) is 1.71. The maximum Gasteiger partial charge on any atom is 0.255 e. The summed E-state index contributed by atoms with van der Waals surface area (Å²) in [6.45, 7) is -0.175. The molecule has 3 N–H and O–H groups in total. The van der Waals surface area contributed by atoms with Gasteiger partial charge in [-0.05, 0) is 35.9 Å². The molecule has 2 amide bonds. The van der Waals surface area contributed by atoms with Crippen molar-refractivity contribution >= 4 is 23.6 Å². The molecule has 0 aliphatic rings. The molecule has 0 bridgehead atoms. The minimum absolute atomic E-state index is 0.175. The second-order valence-corrected chi connectivity index (χ2v) is 4.51. The number of hydrogen-bond donors (Lipinski definition) is 2. The average molecular weight is 296 g/mol. The number of benzene rings is 2. The Morgan fingerprint density at radius 2 is 1.73 bits per heavy atom. The molecule has 0 unspecified atom stereocenters. The summed E-state index contributed by atoms with van der Waals surface area (Å²) in [6.07, 6.45) is 3.20. The van der Waals surface area contributed by atoms with Crippen LogP contribution in [-0.4, -0.2) is 18.4 Å². The fourth-order valence-electron chi connectivity index (χ4n) is 1.71.